The topological polar surface area (TPSA) is 161 Å². The number of nitrogens with two attached hydrogens (primary N) is 1. The lowest BCUT2D eigenvalue weighted by atomic mass is 10.0. The molecule has 0 aliphatic carbocycles. The zero-order valence-electron chi connectivity index (χ0n) is 18.9. The van der Waals surface area contributed by atoms with Crippen molar-refractivity contribution in [2.24, 2.45) is 22.6 Å². The van der Waals surface area contributed by atoms with Crippen LogP contribution in [0.4, 0.5) is 5.82 Å². The molecule has 1 aromatic heterocycles. The largest absolute Gasteiger partial charge is 0.506 e. The first-order chi connectivity index (χ1) is 14.7. The predicted molar refractivity (Wildman–Crippen MR) is 118 cm³/mol. The van der Waals surface area contributed by atoms with Crippen LogP contribution in [0.2, 0.25) is 0 Å². The molecule has 0 saturated heterocycles. The van der Waals surface area contributed by atoms with Crippen molar-refractivity contribution in [3.63, 3.8) is 0 Å². The summed E-state index contributed by atoms with van der Waals surface area (Å²) in [6, 6.07) is 1.63. The Hall–Kier alpha value is -2.69. The molecule has 0 spiro atoms. The van der Waals surface area contributed by atoms with E-state index in [0.717, 1.165) is 24.6 Å². The van der Waals surface area contributed by atoms with Crippen molar-refractivity contribution >= 4 is 30.6 Å². The first-order valence-electron chi connectivity index (χ1n) is 9.73. The van der Waals surface area contributed by atoms with Gasteiger partial charge in [-0.3, -0.25) is 4.79 Å². The Morgan fingerprint density at radius 2 is 1.87 bits per heavy atom. The molecular weight excluding hydrogens is 406 g/mol. The van der Waals surface area contributed by atoms with Crippen LogP contribution < -0.4 is 5.73 Å². The number of carboxylic acids is 1. The fourth-order valence-electron chi connectivity index (χ4n) is 1.63. The van der Waals surface area contributed by atoms with Gasteiger partial charge in [0, 0.05) is 44.9 Å². The molecule has 31 heavy (non-hydrogen) atoms. The van der Waals surface area contributed by atoms with E-state index in [4.69, 9.17) is 20.7 Å². The number of aliphatic imine (C=N–C) groups is 1. The molecule has 10 nitrogen and oxygen atoms in total. The van der Waals surface area contributed by atoms with Crippen molar-refractivity contribution in [1.29, 1.82) is 0 Å². The maximum absolute atomic E-state index is 10.3. The summed E-state index contributed by atoms with van der Waals surface area (Å²) in [6.07, 6.45) is 6.13. The summed E-state index contributed by atoms with van der Waals surface area (Å²) in [7, 11) is 3.20. The molecule has 0 bridgehead atoms. The first kappa shape index (κ1) is 30.5. The molecule has 2 atom stereocenters. The van der Waals surface area contributed by atoms with Crippen LogP contribution in [-0.2, 0) is 23.9 Å². The van der Waals surface area contributed by atoms with E-state index in [1.165, 1.54) is 6.20 Å². The maximum Gasteiger partial charge on any atom is 0.305 e. The lowest BCUT2D eigenvalue weighted by molar-refractivity contribution is -0.140. The first-order valence-corrected chi connectivity index (χ1v) is 9.73. The van der Waals surface area contributed by atoms with E-state index in [2.05, 4.69) is 14.7 Å². The second-order valence-electron chi connectivity index (χ2n) is 6.72. The van der Waals surface area contributed by atoms with E-state index in [1.54, 1.807) is 40.3 Å². The number of methoxy groups -OCH3 is 2. The minimum Gasteiger partial charge on any atom is -0.506 e. The summed E-state index contributed by atoms with van der Waals surface area (Å²) in [5, 5.41) is 16.8. The summed E-state index contributed by atoms with van der Waals surface area (Å²) in [6.45, 7) is 6.16. The van der Waals surface area contributed by atoms with Gasteiger partial charge in [0.2, 0.25) is 0 Å². The van der Waals surface area contributed by atoms with Gasteiger partial charge in [-0.15, -0.1) is 0 Å². The fourth-order valence-corrected chi connectivity index (χ4v) is 1.63. The second kappa shape index (κ2) is 19.3. The molecule has 0 saturated carbocycles. The third kappa shape index (κ3) is 16.8. The van der Waals surface area contributed by atoms with E-state index in [1.807, 2.05) is 6.92 Å². The third-order valence-corrected chi connectivity index (χ3v) is 3.67. The Balaban J connectivity index is 0. The normalized spacial score (nSPS) is 12.2. The zero-order valence-corrected chi connectivity index (χ0v) is 18.9. The predicted octanol–water partition coefficient (Wildman–Crippen LogP) is 1.99. The highest BCUT2D eigenvalue weighted by Gasteiger charge is 2.09. The van der Waals surface area contributed by atoms with Crippen molar-refractivity contribution < 1.29 is 34.1 Å². The maximum atomic E-state index is 10.3. The van der Waals surface area contributed by atoms with E-state index in [-0.39, 0.29) is 23.7 Å². The number of nitrogens with zero attached hydrogens (tertiary/aromatic N) is 2. The lowest BCUT2D eigenvalue weighted by Crippen LogP contribution is -2.21. The Bertz CT molecular complexity index is 666. The molecule has 10 heteroatoms. The number of hydrogen-bond acceptors (Lipinski definition) is 9. The van der Waals surface area contributed by atoms with Gasteiger partial charge in [0.05, 0.1) is 24.8 Å². The van der Waals surface area contributed by atoms with E-state index in [0.29, 0.717) is 25.4 Å². The SMILES string of the molecule is CC(C)C(=O)O.COC(C)CC(C=O)CN.COCCC=O.Oc1cnc2c(c1)C=N2. The molecule has 2 heterocycles. The zero-order chi connectivity index (χ0) is 24.2. The molecule has 1 aromatic rings. The Morgan fingerprint density at radius 3 is 2.13 bits per heavy atom. The number of rotatable bonds is 9. The summed E-state index contributed by atoms with van der Waals surface area (Å²) in [5.41, 5.74) is 6.21. The van der Waals surface area contributed by atoms with Crippen LogP contribution in [0.1, 0.15) is 39.2 Å². The lowest BCUT2D eigenvalue weighted by Gasteiger charge is -2.12. The van der Waals surface area contributed by atoms with Gasteiger partial charge in [0.25, 0.3) is 0 Å². The molecule has 1 aliphatic heterocycles. The second-order valence-corrected chi connectivity index (χ2v) is 6.72. The van der Waals surface area contributed by atoms with Gasteiger partial charge in [0.1, 0.15) is 18.3 Å². The number of aldehydes is 2. The molecule has 0 radical (unpaired) electrons. The highest BCUT2D eigenvalue weighted by molar-refractivity contribution is 5.95. The number of carboxylic acid groups (broad SMARTS) is 1. The number of carbonyl (C=O) groups is 3. The number of aromatic nitrogens is 1. The third-order valence-electron chi connectivity index (χ3n) is 3.67. The minimum absolute atomic E-state index is 0.0463. The van der Waals surface area contributed by atoms with Gasteiger partial charge in [0.15, 0.2) is 5.82 Å². The Morgan fingerprint density at radius 1 is 1.26 bits per heavy atom. The van der Waals surface area contributed by atoms with Crippen molar-refractivity contribution in [3.8, 4) is 5.75 Å². The fraction of sp³-hybridized carbons (Fsp3) is 0.571. The summed E-state index contributed by atoms with van der Waals surface area (Å²) in [4.78, 5) is 37.1. The molecule has 1 aliphatic rings. The number of hydrogen-bond donors (Lipinski definition) is 3. The Labute approximate surface area is 183 Å². The van der Waals surface area contributed by atoms with Crippen molar-refractivity contribution in [2.75, 3.05) is 27.4 Å². The van der Waals surface area contributed by atoms with E-state index in [9.17, 15) is 14.4 Å². The van der Waals surface area contributed by atoms with Crippen LogP contribution in [0, 0.1) is 11.8 Å². The number of aliphatic carboxylic acids is 1. The van der Waals surface area contributed by atoms with Crippen LogP contribution >= 0.6 is 0 Å². The number of carbonyl (C=O) groups excluding carboxylic acids is 2. The van der Waals surface area contributed by atoms with Crippen LogP contribution in [0.3, 0.4) is 0 Å². The average Bonchev–Trinajstić information content (AvgIpc) is 2.74. The van der Waals surface area contributed by atoms with E-state index >= 15 is 0 Å². The van der Waals surface area contributed by atoms with Gasteiger partial charge in [-0.2, -0.15) is 0 Å². The summed E-state index contributed by atoms with van der Waals surface area (Å²) >= 11 is 0. The highest BCUT2D eigenvalue weighted by atomic mass is 16.5. The molecule has 0 amide bonds. The number of pyridine rings is 1. The van der Waals surface area contributed by atoms with Crippen LogP contribution in [0.25, 0.3) is 0 Å². The molecule has 0 fully saturated rings. The molecule has 176 valence electrons. The van der Waals surface area contributed by atoms with Crippen LogP contribution in [0.15, 0.2) is 17.3 Å². The minimum atomic E-state index is -0.741. The van der Waals surface area contributed by atoms with Gasteiger partial charge < -0.3 is 35.0 Å². The highest BCUT2D eigenvalue weighted by Crippen LogP contribution is 2.24. The average molecular weight is 442 g/mol. The molecule has 2 unspecified atom stereocenters. The summed E-state index contributed by atoms with van der Waals surface area (Å²) in [5.74, 6) is -0.109. The van der Waals surface area contributed by atoms with E-state index < -0.39 is 5.97 Å². The van der Waals surface area contributed by atoms with Gasteiger partial charge in [-0.05, 0) is 19.4 Å². The summed E-state index contributed by atoms with van der Waals surface area (Å²) < 4.78 is 9.52. The number of fused-ring (bicyclic) bond motifs is 1. The van der Waals surface area contributed by atoms with Crippen LogP contribution in [-0.4, -0.2) is 73.4 Å². The molecule has 4 N–H and O–H groups in total. The van der Waals surface area contributed by atoms with Crippen molar-refractivity contribution in [2.45, 2.75) is 39.7 Å². The van der Waals surface area contributed by atoms with Crippen LogP contribution in [0.5, 0.6) is 5.75 Å². The molecule has 0 aromatic carbocycles. The number of aromatic hydroxyl groups is 1. The number of ether oxygens (including phenoxy) is 2. The van der Waals surface area contributed by atoms with Crippen molar-refractivity contribution in [3.05, 3.63) is 17.8 Å². The Kier molecular flexibility index (Phi) is 19.0. The van der Waals surface area contributed by atoms with Gasteiger partial charge in [-0.25, -0.2) is 9.98 Å². The smallest absolute Gasteiger partial charge is 0.305 e. The molecular formula is C21H35N3O7. The standard InChI is InChI=1S/C7H15NO2.C6H4N2O.2C4H8O2/c1-6(10-2)3-7(4-8)5-9;9-5-1-4-2-7-6(4)8-3-5;1-6-4-2-3-5;1-3(2)4(5)6/h5-7H,3-4,8H2,1-2H3;1-3,9H;3H,2,4H2,1H3;3H,1-2H3,(H,5,6). The van der Waals surface area contributed by atoms with Gasteiger partial charge in [-0.1, -0.05) is 13.8 Å². The monoisotopic (exact) mass is 441 g/mol. The van der Waals surface area contributed by atoms with Crippen molar-refractivity contribution in [1.82, 2.24) is 4.98 Å². The quantitative estimate of drug-likeness (QED) is 0.390. The molecule has 2 rings (SSSR count). The van der Waals surface area contributed by atoms with Gasteiger partial charge >= 0.3 is 5.97 Å².